The Morgan fingerprint density at radius 2 is 2.00 bits per heavy atom. The lowest BCUT2D eigenvalue weighted by molar-refractivity contribution is 0.111. The van der Waals surface area contributed by atoms with Gasteiger partial charge < -0.3 is 4.98 Å². The van der Waals surface area contributed by atoms with Crippen LogP contribution in [0.3, 0.4) is 0 Å². The molecule has 0 aliphatic heterocycles. The monoisotopic (exact) mass is 229 g/mol. The molecule has 0 atom stereocenters. The van der Waals surface area contributed by atoms with Gasteiger partial charge in [0.25, 0.3) is 0 Å². The summed E-state index contributed by atoms with van der Waals surface area (Å²) >= 11 is 0. The molecule has 0 saturated carbocycles. The first-order valence-electron chi connectivity index (χ1n) is 5.09. The normalized spacial score (nSPS) is 10.2. The van der Waals surface area contributed by atoms with Gasteiger partial charge in [-0.25, -0.2) is 9.97 Å². The average Bonchev–Trinajstić information content (AvgIpc) is 2.66. The Balaban J connectivity index is 2.71. The summed E-state index contributed by atoms with van der Waals surface area (Å²) in [4.78, 5) is 32.9. The number of aryl methyl sites for hydroxylation is 1. The summed E-state index contributed by atoms with van der Waals surface area (Å²) in [6, 6.07) is 0. The minimum absolute atomic E-state index is 0.403. The predicted molar refractivity (Wildman–Crippen MR) is 62.1 cm³/mol. The lowest BCUT2D eigenvalue weighted by Gasteiger charge is -2.02. The third-order valence-electron chi connectivity index (χ3n) is 2.70. The van der Waals surface area contributed by atoms with Crippen LogP contribution >= 0.6 is 0 Å². The fraction of sp³-hybridized carbons (Fsp3) is 0.167. The maximum Gasteiger partial charge on any atom is 0.166 e. The van der Waals surface area contributed by atoms with Crippen LogP contribution in [-0.2, 0) is 0 Å². The fourth-order valence-electron chi connectivity index (χ4n) is 1.74. The first-order valence-corrected chi connectivity index (χ1v) is 5.09. The topological polar surface area (TPSA) is 75.7 Å². The smallest absolute Gasteiger partial charge is 0.166 e. The van der Waals surface area contributed by atoms with Crippen molar-refractivity contribution in [2.24, 2.45) is 0 Å². The van der Waals surface area contributed by atoms with Crippen molar-refractivity contribution in [1.82, 2.24) is 15.0 Å². The Morgan fingerprint density at radius 1 is 1.24 bits per heavy atom. The van der Waals surface area contributed by atoms with E-state index in [1.807, 2.05) is 6.92 Å². The van der Waals surface area contributed by atoms with Gasteiger partial charge in [-0.05, 0) is 25.0 Å². The summed E-state index contributed by atoms with van der Waals surface area (Å²) in [7, 11) is 0. The maximum atomic E-state index is 11.1. The van der Waals surface area contributed by atoms with E-state index >= 15 is 0 Å². The molecule has 2 heterocycles. The highest BCUT2D eigenvalue weighted by Crippen LogP contribution is 2.26. The molecule has 0 bridgehead atoms. The quantitative estimate of drug-likeness (QED) is 0.813. The molecule has 2 aromatic heterocycles. The van der Waals surface area contributed by atoms with Gasteiger partial charge in [0.15, 0.2) is 12.6 Å². The zero-order valence-electron chi connectivity index (χ0n) is 9.52. The van der Waals surface area contributed by atoms with Crippen molar-refractivity contribution in [2.75, 3.05) is 0 Å². The highest BCUT2D eigenvalue weighted by molar-refractivity contribution is 5.92. The summed E-state index contributed by atoms with van der Waals surface area (Å²) in [5.41, 5.74) is 3.56. The van der Waals surface area contributed by atoms with Gasteiger partial charge in [-0.3, -0.25) is 9.59 Å². The highest BCUT2D eigenvalue weighted by atomic mass is 16.1. The van der Waals surface area contributed by atoms with Gasteiger partial charge >= 0.3 is 0 Å². The zero-order chi connectivity index (χ0) is 12.4. The SMILES string of the molecule is Cc1cncnc1-c1[nH]c(C=O)c(C)c1C=O. The van der Waals surface area contributed by atoms with Crippen LogP contribution in [0.4, 0.5) is 0 Å². The van der Waals surface area contributed by atoms with Crippen molar-refractivity contribution in [2.45, 2.75) is 13.8 Å². The first kappa shape index (κ1) is 11.2. The van der Waals surface area contributed by atoms with E-state index in [-0.39, 0.29) is 0 Å². The van der Waals surface area contributed by atoms with Crippen LogP contribution in [0.25, 0.3) is 11.4 Å². The molecule has 0 saturated heterocycles. The summed E-state index contributed by atoms with van der Waals surface area (Å²) in [6.07, 6.45) is 4.50. The van der Waals surface area contributed by atoms with Crippen molar-refractivity contribution in [3.05, 3.63) is 34.9 Å². The van der Waals surface area contributed by atoms with Gasteiger partial charge in [-0.2, -0.15) is 0 Å². The molecule has 0 aliphatic carbocycles. The number of nitrogens with one attached hydrogen (secondary N) is 1. The molecule has 0 amide bonds. The molecule has 2 aromatic rings. The molecule has 0 aliphatic rings. The lowest BCUT2D eigenvalue weighted by atomic mass is 10.1. The van der Waals surface area contributed by atoms with Gasteiger partial charge in [0.05, 0.1) is 17.1 Å². The second kappa shape index (κ2) is 4.29. The molecule has 0 fully saturated rings. The molecule has 0 spiro atoms. The van der Waals surface area contributed by atoms with E-state index in [2.05, 4.69) is 15.0 Å². The van der Waals surface area contributed by atoms with Crippen LogP contribution in [-0.4, -0.2) is 27.5 Å². The van der Waals surface area contributed by atoms with Crippen LogP contribution in [0.15, 0.2) is 12.5 Å². The van der Waals surface area contributed by atoms with Gasteiger partial charge in [-0.1, -0.05) is 0 Å². The first-order chi connectivity index (χ1) is 8.19. The minimum atomic E-state index is 0.403. The third kappa shape index (κ3) is 1.75. The van der Waals surface area contributed by atoms with Crippen molar-refractivity contribution in [1.29, 1.82) is 0 Å². The molecule has 1 N–H and O–H groups in total. The van der Waals surface area contributed by atoms with E-state index in [1.54, 1.807) is 13.1 Å². The molecule has 86 valence electrons. The Bertz CT molecular complexity index is 587. The van der Waals surface area contributed by atoms with Crippen LogP contribution in [0.1, 0.15) is 32.0 Å². The van der Waals surface area contributed by atoms with Crippen molar-refractivity contribution >= 4 is 12.6 Å². The summed E-state index contributed by atoms with van der Waals surface area (Å²) in [5, 5.41) is 0. The average molecular weight is 229 g/mol. The maximum absolute atomic E-state index is 11.1. The van der Waals surface area contributed by atoms with E-state index < -0.39 is 0 Å². The van der Waals surface area contributed by atoms with E-state index in [9.17, 15) is 9.59 Å². The molecular formula is C12H11N3O2. The van der Waals surface area contributed by atoms with Crippen molar-refractivity contribution in [3.8, 4) is 11.4 Å². The van der Waals surface area contributed by atoms with Crippen LogP contribution in [0.2, 0.25) is 0 Å². The van der Waals surface area contributed by atoms with E-state index in [0.29, 0.717) is 34.5 Å². The van der Waals surface area contributed by atoms with Gasteiger partial charge in [0.1, 0.15) is 6.33 Å². The number of nitrogens with zero attached hydrogens (tertiary/aromatic N) is 2. The summed E-state index contributed by atoms with van der Waals surface area (Å²) in [6.45, 7) is 3.57. The van der Waals surface area contributed by atoms with Gasteiger partial charge in [0, 0.05) is 11.8 Å². The number of carbonyl (C=O) groups excluding carboxylic acids is 2. The minimum Gasteiger partial charge on any atom is -0.350 e. The molecule has 0 radical (unpaired) electrons. The van der Waals surface area contributed by atoms with E-state index in [4.69, 9.17) is 0 Å². The standard InChI is InChI=1S/C12H11N3O2/c1-7-3-13-6-14-11(7)12-9(4-16)8(2)10(5-17)15-12/h3-6,15H,1-2H3. The molecule has 0 unspecified atom stereocenters. The number of aromatic nitrogens is 3. The zero-order valence-corrected chi connectivity index (χ0v) is 9.52. The number of hydrogen-bond donors (Lipinski definition) is 1. The van der Waals surface area contributed by atoms with Crippen LogP contribution < -0.4 is 0 Å². The van der Waals surface area contributed by atoms with Crippen molar-refractivity contribution < 1.29 is 9.59 Å². The molecule has 0 aromatic carbocycles. The molecular weight excluding hydrogens is 218 g/mol. The Hall–Kier alpha value is -2.30. The van der Waals surface area contributed by atoms with Gasteiger partial charge in [0.2, 0.25) is 0 Å². The highest BCUT2D eigenvalue weighted by Gasteiger charge is 2.16. The summed E-state index contributed by atoms with van der Waals surface area (Å²) < 4.78 is 0. The number of aldehydes is 2. The number of hydrogen-bond acceptors (Lipinski definition) is 4. The molecule has 5 heteroatoms. The molecule has 2 rings (SSSR count). The largest absolute Gasteiger partial charge is 0.350 e. The van der Waals surface area contributed by atoms with E-state index in [0.717, 1.165) is 11.8 Å². The molecule has 17 heavy (non-hydrogen) atoms. The predicted octanol–water partition coefficient (Wildman–Crippen LogP) is 1.71. The fourth-order valence-corrected chi connectivity index (χ4v) is 1.74. The molecule has 5 nitrogen and oxygen atoms in total. The Labute approximate surface area is 97.9 Å². The summed E-state index contributed by atoms with van der Waals surface area (Å²) in [5.74, 6) is 0. The number of aromatic amines is 1. The van der Waals surface area contributed by atoms with E-state index in [1.165, 1.54) is 6.33 Å². The Morgan fingerprint density at radius 3 is 2.59 bits per heavy atom. The van der Waals surface area contributed by atoms with Crippen molar-refractivity contribution in [3.63, 3.8) is 0 Å². The number of rotatable bonds is 3. The van der Waals surface area contributed by atoms with Crippen LogP contribution in [0, 0.1) is 13.8 Å². The Kier molecular flexibility index (Phi) is 2.82. The third-order valence-corrected chi connectivity index (χ3v) is 2.70. The second-order valence-corrected chi connectivity index (χ2v) is 3.74. The number of carbonyl (C=O) groups is 2. The second-order valence-electron chi connectivity index (χ2n) is 3.74. The van der Waals surface area contributed by atoms with Crippen LogP contribution in [0.5, 0.6) is 0 Å². The lowest BCUT2D eigenvalue weighted by Crippen LogP contribution is -1.93. The van der Waals surface area contributed by atoms with Gasteiger partial charge in [-0.15, -0.1) is 0 Å². The number of H-pyrrole nitrogens is 1.